The van der Waals surface area contributed by atoms with Crippen LogP contribution >= 0.6 is 11.6 Å². The lowest BCUT2D eigenvalue weighted by atomic mass is 10.1. The Labute approximate surface area is 178 Å². The summed E-state index contributed by atoms with van der Waals surface area (Å²) in [6, 6.07) is 9.50. The van der Waals surface area contributed by atoms with E-state index < -0.39 is 5.97 Å². The van der Waals surface area contributed by atoms with E-state index in [0.717, 1.165) is 0 Å². The number of hydrogen-bond acceptors (Lipinski definition) is 8. The number of carbonyl (C=O) groups is 1. The lowest BCUT2D eigenvalue weighted by Gasteiger charge is -2.08. The summed E-state index contributed by atoms with van der Waals surface area (Å²) in [6.07, 6.45) is 2.97. The molecule has 0 saturated carbocycles. The fourth-order valence-electron chi connectivity index (χ4n) is 3.22. The molecule has 0 unspecified atom stereocenters. The molecule has 0 radical (unpaired) electrons. The van der Waals surface area contributed by atoms with Gasteiger partial charge in [-0.2, -0.15) is 0 Å². The van der Waals surface area contributed by atoms with Crippen molar-refractivity contribution >= 4 is 34.3 Å². The van der Waals surface area contributed by atoms with E-state index in [1.165, 1.54) is 22.9 Å². The Kier molecular flexibility index (Phi) is 4.52. The van der Waals surface area contributed by atoms with Gasteiger partial charge in [-0.25, -0.2) is 14.8 Å². The van der Waals surface area contributed by atoms with Crippen LogP contribution < -0.4 is 5.56 Å². The fraction of sp³-hybridized carbons (Fsp3) is 0.0952. The summed E-state index contributed by atoms with van der Waals surface area (Å²) >= 11 is 5.92. The lowest BCUT2D eigenvalue weighted by Crippen LogP contribution is -2.16. The lowest BCUT2D eigenvalue weighted by molar-refractivity contribution is 0.0470. The third-order valence-corrected chi connectivity index (χ3v) is 4.86. The van der Waals surface area contributed by atoms with E-state index in [9.17, 15) is 9.59 Å². The van der Waals surface area contributed by atoms with Gasteiger partial charge in [0.1, 0.15) is 17.9 Å². The summed E-state index contributed by atoms with van der Waals surface area (Å²) in [5, 5.41) is 4.75. The van der Waals surface area contributed by atoms with E-state index >= 15 is 0 Å². The first kappa shape index (κ1) is 19.0. The van der Waals surface area contributed by atoms with Crippen LogP contribution in [0, 0.1) is 6.92 Å². The van der Waals surface area contributed by atoms with Gasteiger partial charge >= 0.3 is 5.97 Å². The molecular formula is C21H13ClN4O5. The second-order valence-corrected chi connectivity index (χ2v) is 7.15. The zero-order valence-electron chi connectivity index (χ0n) is 16.0. The Bertz CT molecular complexity index is 1500. The minimum absolute atomic E-state index is 0.192. The molecule has 0 amide bonds. The summed E-state index contributed by atoms with van der Waals surface area (Å²) in [5.74, 6) is -0.169. The van der Waals surface area contributed by atoms with Gasteiger partial charge in [0.25, 0.3) is 11.3 Å². The molecular weight excluding hydrogens is 424 g/mol. The van der Waals surface area contributed by atoms with Gasteiger partial charge in [0, 0.05) is 12.3 Å². The number of pyridine rings is 2. The van der Waals surface area contributed by atoms with Gasteiger partial charge in [0.2, 0.25) is 0 Å². The maximum atomic E-state index is 12.9. The van der Waals surface area contributed by atoms with E-state index in [1.54, 1.807) is 37.3 Å². The first-order chi connectivity index (χ1) is 15.0. The predicted octanol–water partition coefficient (Wildman–Crippen LogP) is 3.81. The van der Waals surface area contributed by atoms with Gasteiger partial charge in [0.15, 0.2) is 5.76 Å². The van der Waals surface area contributed by atoms with E-state index in [0.29, 0.717) is 38.9 Å². The normalized spacial score (nSPS) is 11.3. The van der Waals surface area contributed by atoms with Crippen molar-refractivity contribution in [1.29, 1.82) is 0 Å². The molecule has 5 aromatic heterocycles. The minimum atomic E-state index is -0.635. The molecule has 9 nitrogen and oxygen atoms in total. The largest absolute Gasteiger partial charge is 0.463 e. The van der Waals surface area contributed by atoms with Crippen LogP contribution in [0.1, 0.15) is 21.7 Å². The molecule has 0 bridgehead atoms. The molecule has 31 heavy (non-hydrogen) atoms. The van der Waals surface area contributed by atoms with Gasteiger partial charge in [-0.3, -0.25) is 9.20 Å². The number of aromatic nitrogens is 4. The Hall–Kier alpha value is -3.98. The SMILES string of the molecule is Cc1noc2nc(-c3ccco3)cc(C(=O)OCc3cc(=O)n4cc(Cl)ccc4n3)c12. The highest BCUT2D eigenvalue weighted by Crippen LogP contribution is 2.28. The third kappa shape index (κ3) is 3.44. The van der Waals surface area contributed by atoms with Crippen molar-refractivity contribution in [3.63, 3.8) is 0 Å². The minimum Gasteiger partial charge on any atom is -0.463 e. The number of fused-ring (bicyclic) bond motifs is 2. The summed E-state index contributed by atoms with van der Waals surface area (Å²) in [6.45, 7) is 1.51. The number of halogens is 1. The average Bonchev–Trinajstić information content (AvgIpc) is 3.42. The van der Waals surface area contributed by atoms with Crippen LogP contribution in [0.25, 0.3) is 28.2 Å². The van der Waals surface area contributed by atoms with Crippen LogP contribution in [0.3, 0.4) is 0 Å². The molecule has 0 aliphatic carbocycles. The van der Waals surface area contributed by atoms with Gasteiger partial charge < -0.3 is 13.7 Å². The van der Waals surface area contributed by atoms with Crippen LogP contribution in [0.2, 0.25) is 5.02 Å². The Balaban J connectivity index is 1.48. The summed E-state index contributed by atoms with van der Waals surface area (Å²) in [5.41, 5.74) is 1.68. The number of esters is 1. The monoisotopic (exact) mass is 436 g/mol. The first-order valence-corrected chi connectivity index (χ1v) is 9.53. The fourth-order valence-corrected chi connectivity index (χ4v) is 3.38. The zero-order chi connectivity index (χ0) is 21.5. The smallest absolute Gasteiger partial charge is 0.339 e. The molecule has 5 heterocycles. The van der Waals surface area contributed by atoms with Gasteiger partial charge in [-0.1, -0.05) is 16.8 Å². The molecule has 10 heteroatoms. The van der Waals surface area contributed by atoms with Crippen LogP contribution in [0.5, 0.6) is 0 Å². The van der Waals surface area contributed by atoms with Crippen molar-refractivity contribution in [3.05, 3.63) is 81.2 Å². The molecule has 0 atom stereocenters. The second kappa shape index (κ2) is 7.37. The van der Waals surface area contributed by atoms with Crippen LogP contribution in [0.4, 0.5) is 0 Å². The van der Waals surface area contributed by atoms with Crippen LogP contribution in [-0.2, 0) is 11.3 Å². The predicted molar refractivity (Wildman–Crippen MR) is 110 cm³/mol. The molecule has 5 rings (SSSR count). The highest BCUT2D eigenvalue weighted by molar-refractivity contribution is 6.30. The molecule has 0 saturated heterocycles. The maximum Gasteiger partial charge on any atom is 0.339 e. The highest BCUT2D eigenvalue weighted by Gasteiger charge is 2.21. The van der Waals surface area contributed by atoms with Crippen molar-refractivity contribution < 1.29 is 18.5 Å². The second-order valence-electron chi connectivity index (χ2n) is 6.72. The Morgan fingerprint density at radius 2 is 2.10 bits per heavy atom. The van der Waals surface area contributed by atoms with E-state index in [4.69, 9.17) is 25.3 Å². The number of aryl methyl sites for hydroxylation is 1. The molecule has 0 aliphatic rings. The number of carbonyl (C=O) groups excluding carboxylic acids is 1. The molecule has 5 aromatic rings. The zero-order valence-corrected chi connectivity index (χ0v) is 16.8. The van der Waals surface area contributed by atoms with Crippen LogP contribution in [-0.4, -0.2) is 25.5 Å². The number of ether oxygens (including phenoxy) is 1. The van der Waals surface area contributed by atoms with Crippen LogP contribution in [0.15, 0.2) is 62.6 Å². The number of rotatable bonds is 4. The van der Waals surface area contributed by atoms with Gasteiger partial charge in [0.05, 0.1) is 33.6 Å². The molecule has 0 fully saturated rings. The van der Waals surface area contributed by atoms with E-state index in [2.05, 4.69) is 15.1 Å². The molecule has 0 aromatic carbocycles. The first-order valence-electron chi connectivity index (χ1n) is 9.15. The highest BCUT2D eigenvalue weighted by atomic mass is 35.5. The topological polar surface area (TPSA) is 113 Å². The molecule has 154 valence electrons. The van der Waals surface area contributed by atoms with Crippen molar-refractivity contribution in [2.75, 3.05) is 0 Å². The third-order valence-electron chi connectivity index (χ3n) is 4.64. The van der Waals surface area contributed by atoms with Crippen molar-refractivity contribution in [1.82, 2.24) is 19.5 Å². The standard InChI is InChI=1S/C21H13ClN4O5/c1-11-19-14(8-15(16-3-2-6-29-16)24-20(19)31-25-11)21(28)30-10-13-7-18(27)26-9-12(22)4-5-17(26)23-13/h2-9H,10H2,1H3. The quantitative estimate of drug-likeness (QED) is 0.391. The van der Waals surface area contributed by atoms with E-state index in [1.807, 2.05) is 0 Å². The number of hydrogen-bond donors (Lipinski definition) is 0. The summed E-state index contributed by atoms with van der Waals surface area (Å²) in [7, 11) is 0. The van der Waals surface area contributed by atoms with Gasteiger partial charge in [-0.15, -0.1) is 0 Å². The Morgan fingerprint density at radius 3 is 2.90 bits per heavy atom. The number of nitrogens with zero attached hydrogens (tertiary/aromatic N) is 4. The summed E-state index contributed by atoms with van der Waals surface area (Å²) < 4.78 is 17.4. The van der Waals surface area contributed by atoms with Crippen molar-refractivity contribution in [2.24, 2.45) is 0 Å². The van der Waals surface area contributed by atoms with Crippen molar-refractivity contribution in [3.8, 4) is 11.5 Å². The molecule has 0 N–H and O–H groups in total. The Morgan fingerprint density at radius 1 is 1.23 bits per heavy atom. The molecule has 0 aliphatic heterocycles. The molecule has 0 spiro atoms. The summed E-state index contributed by atoms with van der Waals surface area (Å²) in [4.78, 5) is 33.9. The van der Waals surface area contributed by atoms with Crippen molar-refractivity contribution in [2.45, 2.75) is 13.5 Å². The number of furan rings is 1. The average molecular weight is 437 g/mol. The van der Waals surface area contributed by atoms with E-state index in [-0.39, 0.29) is 23.4 Å². The van der Waals surface area contributed by atoms with Gasteiger partial charge in [-0.05, 0) is 37.3 Å². The maximum absolute atomic E-state index is 12.9.